The van der Waals surface area contributed by atoms with Crippen LogP contribution in [0.5, 0.6) is 0 Å². The Morgan fingerprint density at radius 2 is 2.29 bits per heavy atom. The molecule has 0 aromatic carbocycles. The number of aromatic nitrogens is 2. The molecule has 1 aromatic rings. The summed E-state index contributed by atoms with van der Waals surface area (Å²) in [7, 11) is 0. The van der Waals surface area contributed by atoms with Crippen LogP contribution in [0.1, 0.15) is 31.2 Å². The highest BCUT2D eigenvalue weighted by Crippen LogP contribution is 2.33. The topological polar surface area (TPSA) is 55.1 Å². The van der Waals surface area contributed by atoms with Crippen molar-refractivity contribution in [1.29, 1.82) is 0 Å². The molecule has 0 saturated heterocycles. The highest BCUT2D eigenvalue weighted by Gasteiger charge is 2.35. The van der Waals surface area contributed by atoms with E-state index in [-0.39, 0.29) is 18.1 Å². The Labute approximate surface area is 106 Å². The number of rotatable bonds is 5. The first-order valence-electron chi connectivity index (χ1n) is 5.97. The van der Waals surface area contributed by atoms with Crippen LogP contribution in [0.4, 0.5) is 0 Å². The minimum Gasteiger partial charge on any atom is -0.385 e. The van der Waals surface area contributed by atoms with Crippen LogP contribution in [0.25, 0.3) is 0 Å². The SMILES string of the molecule is CCn1nc(C)c(Cl)c1CC(=O)C(O)C1CC1. The second-order valence-electron chi connectivity index (χ2n) is 4.59. The lowest BCUT2D eigenvalue weighted by molar-refractivity contribution is -0.127. The average Bonchev–Trinajstić information content (AvgIpc) is 3.11. The molecule has 0 amide bonds. The van der Waals surface area contributed by atoms with Gasteiger partial charge >= 0.3 is 0 Å². The van der Waals surface area contributed by atoms with Crippen LogP contribution < -0.4 is 0 Å². The van der Waals surface area contributed by atoms with Crippen LogP contribution in [-0.2, 0) is 17.8 Å². The zero-order chi connectivity index (χ0) is 12.6. The number of aliphatic hydroxyl groups is 1. The molecule has 1 aliphatic rings. The maximum absolute atomic E-state index is 11.9. The number of halogens is 1. The maximum Gasteiger partial charge on any atom is 0.167 e. The molecule has 2 rings (SSSR count). The zero-order valence-electron chi connectivity index (χ0n) is 10.1. The number of aliphatic hydroxyl groups excluding tert-OH is 1. The van der Waals surface area contributed by atoms with Crippen molar-refractivity contribution in [1.82, 2.24) is 9.78 Å². The normalized spacial score (nSPS) is 17.2. The van der Waals surface area contributed by atoms with Gasteiger partial charge in [0.25, 0.3) is 0 Å². The second-order valence-corrected chi connectivity index (χ2v) is 4.97. The van der Waals surface area contributed by atoms with E-state index in [1.807, 2.05) is 13.8 Å². The van der Waals surface area contributed by atoms with Gasteiger partial charge in [-0.2, -0.15) is 5.10 Å². The molecule has 1 saturated carbocycles. The summed E-state index contributed by atoms with van der Waals surface area (Å²) in [4.78, 5) is 11.9. The van der Waals surface area contributed by atoms with E-state index in [0.717, 1.165) is 24.2 Å². The summed E-state index contributed by atoms with van der Waals surface area (Å²) in [6.07, 6.45) is 1.25. The van der Waals surface area contributed by atoms with Gasteiger partial charge < -0.3 is 5.11 Å². The molecule has 0 spiro atoms. The third-order valence-electron chi connectivity index (χ3n) is 3.19. The third-order valence-corrected chi connectivity index (χ3v) is 3.68. The van der Waals surface area contributed by atoms with Crippen molar-refractivity contribution in [2.75, 3.05) is 0 Å². The van der Waals surface area contributed by atoms with Gasteiger partial charge in [-0.25, -0.2) is 0 Å². The number of Topliss-reactive ketones (excluding diaryl/α,β-unsaturated/α-hetero) is 1. The van der Waals surface area contributed by atoms with E-state index < -0.39 is 6.10 Å². The largest absolute Gasteiger partial charge is 0.385 e. The molecule has 1 heterocycles. The second kappa shape index (κ2) is 4.78. The highest BCUT2D eigenvalue weighted by atomic mass is 35.5. The Morgan fingerprint density at radius 3 is 2.82 bits per heavy atom. The molecule has 0 aliphatic heterocycles. The number of hydrogen-bond acceptors (Lipinski definition) is 3. The molecule has 5 heteroatoms. The van der Waals surface area contributed by atoms with Crippen molar-refractivity contribution in [3.63, 3.8) is 0 Å². The fourth-order valence-corrected chi connectivity index (χ4v) is 2.18. The molecule has 0 bridgehead atoms. The molecule has 4 nitrogen and oxygen atoms in total. The number of nitrogens with zero attached hydrogens (tertiary/aromatic N) is 2. The van der Waals surface area contributed by atoms with Crippen molar-refractivity contribution in [3.05, 3.63) is 16.4 Å². The van der Waals surface area contributed by atoms with Gasteiger partial charge in [-0.05, 0) is 32.6 Å². The van der Waals surface area contributed by atoms with Gasteiger partial charge in [0.1, 0.15) is 6.10 Å². The van der Waals surface area contributed by atoms with E-state index in [9.17, 15) is 9.90 Å². The standard InChI is InChI=1S/C12H17ClN2O2/c1-3-15-9(11(13)7(2)14-15)6-10(16)12(17)8-4-5-8/h8,12,17H,3-6H2,1-2H3. The van der Waals surface area contributed by atoms with Crippen molar-refractivity contribution in [2.45, 2.75) is 45.8 Å². The predicted octanol–water partition coefficient (Wildman–Crippen LogP) is 1.75. The zero-order valence-corrected chi connectivity index (χ0v) is 10.9. The van der Waals surface area contributed by atoms with E-state index >= 15 is 0 Å². The summed E-state index contributed by atoms with van der Waals surface area (Å²) in [6.45, 7) is 4.45. The van der Waals surface area contributed by atoms with Crippen LogP contribution >= 0.6 is 11.6 Å². The average molecular weight is 257 g/mol. The van der Waals surface area contributed by atoms with Gasteiger partial charge in [0.2, 0.25) is 0 Å². The Bertz CT molecular complexity index is 438. The third kappa shape index (κ3) is 2.53. The lowest BCUT2D eigenvalue weighted by Gasteiger charge is -2.09. The molecule has 1 aliphatic carbocycles. The fourth-order valence-electron chi connectivity index (χ4n) is 1.98. The molecule has 1 fully saturated rings. The number of aryl methyl sites for hydroxylation is 2. The molecule has 1 atom stereocenters. The van der Waals surface area contributed by atoms with Crippen molar-refractivity contribution in [2.24, 2.45) is 5.92 Å². The first kappa shape index (κ1) is 12.6. The Kier molecular flexibility index (Phi) is 3.54. The molecule has 1 N–H and O–H groups in total. The van der Waals surface area contributed by atoms with E-state index in [1.54, 1.807) is 4.68 Å². The Hall–Kier alpha value is -0.870. The van der Waals surface area contributed by atoms with Gasteiger partial charge in [-0.3, -0.25) is 9.48 Å². The summed E-state index contributed by atoms with van der Waals surface area (Å²) in [5.74, 6) is 0.0179. The number of carbonyl (C=O) groups excluding carboxylic acids is 1. The van der Waals surface area contributed by atoms with E-state index in [1.165, 1.54) is 0 Å². The van der Waals surface area contributed by atoms with Crippen molar-refractivity contribution >= 4 is 17.4 Å². The highest BCUT2D eigenvalue weighted by molar-refractivity contribution is 6.32. The van der Waals surface area contributed by atoms with Crippen LogP contribution in [-0.4, -0.2) is 26.8 Å². The summed E-state index contributed by atoms with van der Waals surface area (Å²) >= 11 is 6.12. The first-order chi connectivity index (χ1) is 8.04. The molecular weight excluding hydrogens is 240 g/mol. The monoisotopic (exact) mass is 256 g/mol. The van der Waals surface area contributed by atoms with Crippen LogP contribution in [0, 0.1) is 12.8 Å². The minimum atomic E-state index is -0.827. The van der Waals surface area contributed by atoms with Crippen LogP contribution in [0.3, 0.4) is 0 Å². The molecule has 17 heavy (non-hydrogen) atoms. The molecule has 1 unspecified atom stereocenters. The summed E-state index contributed by atoms with van der Waals surface area (Å²) < 4.78 is 1.73. The summed E-state index contributed by atoms with van der Waals surface area (Å²) in [5.41, 5.74) is 1.45. The first-order valence-corrected chi connectivity index (χ1v) is 6.35. The van der Waals surface area contributed by atoms with E-state index in [0.29, 0.717) is 11.6 Å². The Morgan fingerprint density at radius 1 is 1.65 bits per heavy atom. The van der Waals surface area contributed by atoms with Gasteiger partial charge in [0, 0.05) is 6.54 Å². The predicted molar refractivity (Wildman–Crippen MR) is 65.1 cm³/mol. The molecule has 1 aromatic heterocycles. The fraction of sp³-hybridized carbons (Fsp3) is 0.667. The van der Waals surface area contributed by atoms with Gasteiger partial charge in [0.05, 0.1) is 22.8 Å². The number of carbonyl (C=O) groups is 1. The number of ketones is 1. The van der Waals surface area contributed by atoms with Gasteiger partial charge in [-0.1, -0.05) is 11.6 Å². The van der Waals surface area contributed by atoms with Gasteiger partial charge in [0.15, 0.2) is 5.78 Å². The van der Waals surface area contributed by atoms with E-state index in [4.69, 9.17) is 11.6 Å². The summed E-state index contributed by atoms with van der Waals surface area (Å²) in [5, 5.41) is 14.6. The molecular formula is C12H17ClN2O2. The smallest absolute Gasteiger partial charge is 0.167 e. The quantitative estimate of drug-likeness (QED) is 0.873. The van der Waals surface area contributed by atoms with Crippen LogP contribution in [0.2, 0.25) is 5.02 Å². The lowest BCUT2D eigenvalue weighted by Crippen LogP contribution is -2.25. The minimum absolute atomic E-state index is 0.149. The maximum atomic E-state index is 11.9. The molecule has 94 valence electrons. The van der Waals surface area contributed by atoms with Crippen molar-refractivity contribution < 1.29 is 9.90 Å². The van der Waals surface area contributed by atoms with Crippen LogP contribution in [0.15, 0.2) is 0 Å². The Balaban J connectivity index is 2.14. The van der Waals surface area contributed by atoms with Crippen molar-refractivity contribution in [3.8, 4) is 0 Å². The molecule has 0 radical (unpaired) electrons. The number of hydrogen-bond donors (Lipinski definition) is 1. The summed E-state index contributed by atoms with van der Waals surface area (Å²) in [6, 6.07) is 0. The van der Waals surface area contributed by atoms with Gasteiger partial charge in [-0.15, -0.1) is 0 Å². The van der Waals surface area contributed by atoms with E-state index in [2.05, 4.69) is 5.10 Å². The lowest BCUT2D eigenvalue weighted by atomic mass is 10.1.